The highest BCUT2D eigenvalue weighted by Gasteiger charge is 2.55. The van der Waals surface area contributed by atoms with Crippen LogP contribution in [0.2, 0.25) is 0 Å². The van der Waals surface area contributed by atoms with Crippen LogP contribution in [0, 0.1) is 0 Å². The maximum Gasteiger partial charge on any atom is 0.334 e. The largest absolute Gasteiger partial charge is 0.484 e. The molecule has 1 N–H and O–H groups in total. The molecule has 37 heavy (non-hydrogen) atoms. The molecular weight excluding hydrogens is 488 g/mol. The van der Waals surface area contributed by atoms with Crippen molar-refractivity contribution in [2.75, 3.05) is 6.61 Å². The molecule has 188 valence electrons. The van der Waals surface area contributed by atoms with E-state index in [4.69, 9.17) is 9.47 Å². The van der Waals surface area contributed by atoms with Crippen molar-refractivity contribution in [3.05, 3.63) is 113 Å². The smallest absolute Gasteiger partial charge is 0.334 e. The van der Waals surface area contributed by atoms with E-state index in [-0.39, 0.29) is 12.5 Å². The van der Waals surface area contributed by atoms with E-state index in [1.54, 1.807) is 12.1 Å². The number of fused-ring (bicyclic) bond motifs is 1. The van der Waals surface area contributed by atoms with E-state index >= 15 is 0 Å². The number of β-lactam (4-membered cyclic amide) rings is 1. The summed E-state index contributed by atoms with van der Waals surface area (Å²) in [6.07, 6.45) is -0.613. The Morgan fingerprint density at radius 3 is 2.08 bits per heavy atom. The number of ether oxygens (including phenoxy) is 2. The second-order valence-electron chi connectivity index (χ2n) is 8.82. The lowest BCUT2D eigenvalue weighted by Crippen LogP contribution is -2.74. The van der Waals surface area contributed by atoms with E-state index in [1.807, 2.05) is 91.2 Å². The molecule has 2 unspecified atom stereocenters. The zero-order valence-corrected chi connectivity index (χ0v) is 21.0. The summed E-state index contributed by atoms with van der Waals surface area (Å²) in [7, 11) is 0. The first-order valence-electron chi connectivity index (χ1n) is 11.9. The number of benzene rings is 3. The fourth-order valence-corrected chi connectivity index (χ4v) is 5.62. The Kier molecular flexibility index (Phi) is 7.28. The predicted octanol–water partition coefficient (Wildman–Crippen LogP) is 4.07. The number of amides is 2. The van der Waals surface area contributed by atoms with Gasteiger partial charge in [-0.25, -0.2) is 4.79 Å². The molecular formula is C29H26N2O5S. The van der Waals surface area contributed by atoms with Crippen molar-refractivity contribution in [2.24, 2.45) is 0 Å². The lowest BCUT2D eigenvalue weighted by Gasteiger charge is -2.51. The van der Waals surface area contributed by atoms with Crippen LogP contribution < -0.4 is 10.1 Å². The van der Waals surface area contributed by atoms with Crippen LogP contribution in [0.5, 0.6) is 5.75 Å². The van der Waals surface area contributed by atoms with Gasteiger partial charge in [0.25, 0.3) is 5.91 Å². The second kappa shape index (κ2) is 10.9. The third kappa shape index (κ3) is 5.24. The zero-order valence-electron chi connectivity index (χ0n) is 20.2. The summed E-state index contributed by atoms with van der Waals surface area (Å²) in [6, 6.07) is 26.4. The Hall–Kier alpha value is -4.04. The van der Waals surface area contributed by atoms with Crippen LogP contribution in [-0.4, -0.2) is 46.7 Å². The van der Waals surface area contributed by atoms with Crippen LogP contribution >= 0.6 is 11.8 Å². The Morgan fingerprint density at radius 2 is 1.49 bits per heavy atom. The van der Waals surface area contributed by atoms with Crippen molar-refractivity contribution in [3.8, 4) is 5.75 Å². The van der Waals surface area contributed by atoms with Crippen LogP contribution in [0.3, 0.4) is 0 Å². The van der Waals surface area contributed by atoms with Crippen LogP contribution in [0.4, 0.5) is 0 Å². The molecule has 0 saturated carbocycles. The summed E-state index contributed by atoms with van der Waals surface area (Å²) < 4.78 is 11.5. The number of para-hydroxylation sites is 1. The number of hydrogen-bond donors (Lipinski definition) is 1. The van der Waals surface area contributed by atoms with Crippen LogP contribution in [0.15, 0.2) is 102 Å². The Bertz CT molecular complexity index is 1260. The minimum Gasteiger partial charge on any atom is -0.484 e. The van der Waals surface area contributed by atoms with Gasteiger partial charge in [0.05, 0.1) is 0 Å². The lowest BCUT2D eigenvalue weighted by molar-refractivity contribution is -0.165. The first-order chi connectivity index (χ1) is 18.0. The van der Waals surface area contributed by atoms with Crippen molar-refractivity contribution >= 4 is 29.5 Å². The quantitative estimate of drug-likeness (QED) is 0.360. The fourth-order valence-electron chi connectivity index (χ4n) is 4.44. The third-order valence-corrected chi connectivity index (χ3v) is 7.56. The molecule has 2 aliphatic rings. The van der Waals surface area contributed by atoms with Crippen molar-refractivity contribution < 1.29 is 23.9 Å². The van der Waals surface area contributed by atoms with Crippen molar-refractivity contribution in [1.29, 1.82) is 0 Å². The molecule has 0 aliphatic carbocycles. The highest BCUT2D eigenvalue weighted by Crippen LogP contribution is 2.41. The van der Waals surface area contributed by atoms with Crippen molar-refractivity contribution in [2.45, 2.75) is 30.5 Å². The molecule has 1 saturated heterocycles. The molecule has 3 atom stereocenters. The summed E-state index contributed by atoms with van der Waals surface area (Å²) in [5.41, 5.74) is 2.39. The number of rotatable bonds is 8. The molecule has 3 aromatic rings. The van der Waals surface area contributed by atoms with Gasteiger partial charge in [-0.05, 0) is 41.2 Å². The van der Waals surface area contributed by atoms with E-state index in [0.717, 1.165) is 16.7 Å². The first-order valence-corrected chi connectivity index (χ1v) is 12.9. The van der Waals surface area contributed by atoms with E-state index in [0.29, 0.717) is 5.75 Å². The maximum atomic E-state index is 13.5. The van der Waals surface area contributed by atoms with Gasteiger partial charge in [0.1, 0.15) is 17.2 Å². The summed E-state index contributed by atoms with van der Waals surface area (Å²) in [6.45, 7) is 1.60. The van der Waals surface area contributed by atoms with Gasteiger partial charge in [-0.15, -0.1) is 11.8 Å². The maximum absolute atomic E-state index is 13.5. The van der Waals surface area contributed by atoms with Crippen LogP contribution in [0.1, 0.15) is 24.2 Å². The van der Waals surface area contributed by atoms with E-state index < -0.39 is 35.4 Å². The van der Waals surface area contributed by atoms with Gasteiger partial charge >= 0.3 is 5.97 Å². The van der Waals surface area contributed by atoms with Crippen molar-refractivity contribution in [1.82, 2.24) is 10.2 Å². The highest BCUT2D eigenvalue weighted by molar-refractivity contribution is 8.02. The number of nitrogens with one attached hydrogen (secondary N) is 1. The first kappa shape index (κ1) is 24.6. The van der Waals surface area contributed by atoms with E-state index in [1.165, 1.54) is 16.7 Å². The molecule has 0 bridgehead atoms. The number of thioether (sulfide) groups is 1. The molecule has 1 fully saturated rings. The molecule has 7 nitrogen and oxygen atoms in total. The average molecular weight is 515 g/mol. The standard InChI is InChI=1S/C29H26N2O5S/c1-19-18-37-28-24(30-23(32)17-35-22-15-9-4-10-16-22)27(33)31(28)25(19)29(34)36-26(20-11-5-2-6-12-20)21-13-7-3-8-14-21/h2-16,18,24-26,28H,17H2,1H3,(H,30,32)/t24?,25?,28-/m0/s1. The number of nitrogens with zero attached hydrogens (tertiary/aromatic N) is 1. The predicted molar refractivity (Wildman–Crippen MR) is 140 cm³/mol. The van der Waals surface area contributed by atoms with Gasteiger partial charge in [0.2, 0.25) is 5.91 Å². The average Bonchev–Trinajstić information content (AvgIpc) is 2.94. The van der Waals surface area contributed by atoms with Gasteiger partial charge in [0.15, 0.2) is 18.8 Å². The SMILES string of the molecule is CC1=CS[C@H]2C(NC(=O)COc3ccccc3)C(=O)N2C1C(=O)OC(c1ccccc1)c1ccccc1. The summed E-state index contributed by atoms with van der Waals surface area (Å²) >= 11 is 1.40. The second-order valence-corrected chi connectivity index (χ2v) is 9.81. The number of carbonyl (C=O) groups is 3. The van der Waals surface area contributed by atoms with Crippen LogP contribution in [-0.2, 0) is 19.1 Å². The Morgan fingerprint density at radius 1 is 0.919 bits per heavy atom. The van der Waals surface area contributed by atoms with Crippen molar-refractivity contribution in [3.63, 3.8) is 0 Å². The minimum absolute atomic E-state index is 0.207. The number of esters is 1. The minimum atomic E-state index is -0.859. The van der Waals surface area contributed by atoms with Crippen LogP contribution in [0.25, 0.3) is 0 Å². The highest BCUT2D eigenvalue weighted by atomic mass is 32.2. The molecule has 0 radical (unpaired) electrons. The molecule has 2 amide bonds. The molecule has 8 heteroatoms. The molecule has 0 aromatic heterocycles. The van der Waals surface area contributed by atoms with Gasteiger partial charge < -0.3 is 19.7 Å². The fraction of sp³-hybridized carbons (Fsp3) is 0.207. The monoisotopic (exact) mass is 514 g/mol. The summed E-state index contributed by atoms with van der Waals surface area (Å²) in [4.78, 5) is 40.6. The number of carbonyl (C=O) groups excluding carboxylic acids is 3. The molecule has 5 rings (SSSR count). The van der Waals surface area contributed by atoms with E-state index in [2.05, 4.69) is 5.32 Å². The Labute approximate surface area is 219 Å². The van der Waals surface area contributed by atoms with Gasteiger partial charge in [-0.3, -0.25) is 9.59 Å². The third-order valence-electron chi connectivity index (χ3n) is 6.27. The number of hydrogen-bond acceptors (Lipinski definition) is 6. The molecule has 0 spiro atoms. The van der Waals surface area contributed by atoms with Gasteiger partial charge in [0, 0.05) is 0 Å². The topological polar surface area (TPSA) is 84.9 Å². The lowest BCUT2D eigenvalue weighted by atomic mass is 9.98. The summed E-state index contributed by atoms with van der Waals surface area (Å²) in [5, 5.41) is 4.20. The molecule has 2 heterocycles. The van der Waals surface area contributed by atoms with E-state index in [9.17, 15) is 14.4 Å². The summed E-state index contributed by atoms with van der Waals surface area (Å²) in [5.74, 6) is -0.668. The zero-order chi connectivity index (χ0) is 25.8. The molecule has 3 aromatic carbocycles. The Balaban J connectivity index is 1.27. The normalized spacial score (nSPS) is 20.4. The van der Waals surface area contributed by atoms with Gasteiger partial charge in [-0.2, -0.15) is 0 Å². The molecule has 2 aliphatic heterocycles. The van der Waals surface area contributed by atoms with Gasteiger partial charge in [-0.1, -0.05) is 78.9 Å².